The lowest BCUT2D eigenvalue weighted by Gasteiger charge is -2.10. The molecule has 0 spiro atoms. The van der Waals surface area contributed by atoms with Crippen molar-refractivity contribution < 1.29 is 4.74 Å². The van der Waals surface area contributed by atoms with Crippen LogP contribution < -0.4 is 5.73 Å². The first kappa shape index (κ1) is 9.71. The highest BCUT2D eigenvalue weighted by Gasteiger charge is 2.11. The monoisotopic (exact) mass is 185 g/mol. The molecular formula is C9H15NOS. The van der Waals surface area contributed by atoms with Crippen LogP contribution in [0.1, 0.15) is 15.3 Å². The predicted molar refractivity (Wildman–Crippen MR) is 52.5 cm³/mol. The summed E-state index contributed by atoms with van der Waals surface area (Å²) in [5, 5.41) is 0. The second-order valence-corrected chi connectivity index (χ2v) is 3.95. The summed E-state index contributed by atoms with van der Waals surface area (Å²) in [5.74, 6) is 0. The summed E-state index contributed by atoms with van der Waals surface area (Å²) in [6, 6.07) is 2.24. The zero-order valence-corrected chi connectivity index (χ0v) is 8.41. The molecule has 0 bridgehead atoms. The van der Waals surface area contributed by atoms with Crippen molar-refractivity contribution in [2.24, 2.45) is 5.73 Å². The number of rotatable bonds is 0. The molecule has 0 amide bonds. The van der Waals surface area contributed by atoms with Gasteiger partial charge in [-0.2, -0.15) is 0 Å². The highest BCUT2D eigenvalue weighted by atomic mass is 32.1. The summed E-state index contributed by atoms with van der Waals surface area (Å²) in [5.41, 5.74) is 5.91. The summed E-state index contributed by atoms with van der Waals surface area (Å²) in [7, 11) is 1.50. The Balaban J connectivity index is 0.000000336. The SMILES string of the molecule is CN.Cc1cc2c(s1)CCOC2. The molecule has 68 valence electrons. The van der Waals surface area contributed by atoms with Crippen LogP contribution in [0.15, 0.2) is 6.07 Å². The van der Waals surface area contributed by atoms with Crippen LogP contribution in [0.25, 0.3) is 0 Å². The summed E-state index contributed by atoms with van der Waals surface area (Å²) >= 11 is 1.91. The minimum atomic E-state index is 0.833. The Bertz CT molecular complexity index is 221. The third-order valence-electron chi connectivity index (χ3n) is 1.75. The first-order valence-electron chi connectivity index (χ1n) is 4.10. The molecule has 1 aliphatic rings. The number of aryl methyl sites for hydroxylation is 1. The van der Waals surface area contributed by atoms with Gasteiger partial charge >= 0.3 is 0 Å². The molecule has 2 nitrogen and oxygen atoms in total. The molecule has 12 heavy (non-hydrogen) atoms. The van der Waals surface area contributed by atoms with Crippen LogP contribution in [-0.2, 0) is 17.8 Å². The van der Waals surface area contributed by atoms with E-state index in [1.807, 2.05) is 11.3 Å². The molecular weight excluding hydrogens is 170 g/mol. The largest absolute Gasteiger partial charge is 0.376 e. The minimum absolute atomic E-state index is 0.833. The Morgan fingerprint density at radius 2 is 2.25 bits per heavy atom. The van der Waals surface area contributed by atoms with E-state index in [9.17, 15) is 0 Å². The van der Waals surface area contributed by atoms with E-state index in [-0.39, 0.29) is 0 Å². The van der Waals surface area contributed by atoms with Crippen molar-refractivity contribution in [2.75, 3.05) is 13.7 Å². The van der Waals surface area contributed by atoms with Crippen LogP contribution in [-0.4, -0.2) is 13.7 Å². The van der Waals surface area contributed by atoms with E-state index in [1.165, 1.54) is 22.4 Å². The van der Waals surface area contributed by atoms with E-state index in [2.05, 4.69) is 18.7 Å². The van der Waals surface area contributed by atoms with Gasteiger partial charge in [0, 0.05) is 16.2 Å². The molecule has 0 unspecified atom stereocenters. The van der Waals surface area contributed by atoms with Gasteiger partial charge in [0.2, 0.25) is 0 Å². The average molecular weight is 185 g/mol. The molecule has 2 heterocycles. The van der Waals surface area contributed by atoms with Gasteiger partial charge in [-0.05, 0) is 25.6 Å². The molecule has 0 atom stereocenters. The van der Waals surface area contributed by atoms with Crippen molar-refractivity contribution in [3.63, 3.8) is 0 Å². The minimum Gasteiger partial charge on any atom is -0.376 e. The number of hydrogen-bond donors (Lipinski definition) is 1. The second-order valence-electron chi connectivity index (χ2n) is 2.61. The van der Waals surface area contributed by atoms with Gasteiger partial charge in [0.15, 0.2) is 0 Å². The molecule has 2 rings (SSSR count). The molecule has 0 aromatic carbocycles. The highest BCUT2D eigenvalue weighted by molar-refractivity contribution is 7.12. The lowest BCUT2D eigenvalue weighted by molar-refractivity contribution is 0.112. The Morgan fingerprint density at radius 1 is 1.50 bits per heavy atom. The van der Waals surface area contributed by atoms with Gasteiger partial charge in [0.25, 0.3) is 0 Å². The maximum atomic E-state index is 5.32. The van der Waals surface area contributed by atoms with Crippen LogP contribution in [0.2, 0.25) is 0 Å². The third-order valence-corrected chi connectivity index (χ3v) is 2.90. The molecule has 0 saturated heterocycles. The van der Waals surface area contributed by atoms with Gasteiger partial charge in [-0.15, -0.1) is 11.3 Å². The normalized spacial score (nSPS) is 14.6. The number of hydrogen-bond acceptors (Lipinski definition) is 3. The van der Waals surface area contributed by atoms with Crippen molar-refractivity contribution in [3.8, 4) is 0 Å². The molecule has 1 aromatic rings. The van der Waals surface area contributed by atoms with Crippen molar-refractivity contribution >= 4 is 11.3 Å². The Hall–Kier alpha value is -0.380. The fraction of sp³-hybridized carbons (Fsp3) is 0.556. The highest BCUT2D eigenvalue weighted by Crippen LogP contribution is 2.25. The number of ether oxygens (including phenoxy) is 1. The van der Waals surface area contributed by atoms with Crippen LogP contribution >= 0.6 is 11.3 Å². The quantitative estimate of drug-likeness (QED) is 0.667. The topological polar surface area (TPSA) is 35.2 Å². The molecule has 0 aliphatic carbocycles. The molecule has 0 saturated carbocycles. The first-order valence-corrected chi connectivity index (χ1v) is 4.91. The maximum absolute atomic E-state index is 5.32. The Kier molecular flexibility index (Phi) is 3.72. The Morgan fingerprint density at radius 3 is 2.92 bits per heavy atom. The number of nitrogens with two attached hydrogens (primary N) is 1. The van der Waals surface area contributed by atoms with Gasteiger partial charge in [-0.25, -0.2) is 0 Å². The standard InChI is InChI=1S/C8H10OS.CH5N/c1-6-4-7-5-9-3-2-8(7)10-6;1-2/h4H,2-3,5H2,1H3;2H2,1H3. The summed E-state index contributed by atoms with van der Waals surface area (Å²) in [6.45, 7) is 3.90. The van der Waals surface area contributed by atoms with Gasteiger partial charge in [0.1, 0.15) is 0 Å². The predicted octanol–water partition coefficient (Wildman–Crippen LogP) is 1.70. The average Bonchev–Trinajstić information content (AvgIpc) is 2.48. The van der Waals surface area contributed by atoms with Crippen LogP contribution in [0.4, 0.5) is 0 Å². The fourth-order valence-electron chi connectivity index (χ4n) is 1.30. The van der Waals surface area contributed by atoms with E-state index in [0.717, 1.165) is 19.6 Å². The van der Waals surface area contributed by atoms with Crippen molar-refractivity contribution in [3.05, 3.63) is 21.4 Å². The first-order chi connectivity index (χ1) is 5.86. The van der Waals surface area contributed by atoms with Crippen LogP contribution in [0.5, 0.6) is 0 Å². The zero-order chi connectivity index (χ0) is 8.97. The van der Waals surface area contributed by atoms with Crippen molar-refractivity contribution in [1.29, 1.82) is 0 Å². The van der Waals surface area contributed by atoms with E-state index in [0.29, 0.717) is 0 Å². The fourth-order valence-corrected chi connectivity index (χ4v) is 2.32. The van der Waals surface area contributed by atoms with Crippen molar-refractivity contribution in [1.82, 2.24) is 0 Å². The molecule has 2 N–H and O–H groups in total. The van der Waals surface area contributed by atoms with E-state index < -0.39 is 0 Å². The summed E-state index contributed by atoms with van der Waals surface area (Å²) < 4.78 is 5.32. The molecule has 0 radical (unpaired) electrons. The van der Waals surface area contributed by atoms with Gasteiger partial charge in [-0.1, -0.05) is 0 Å². The molecule has 3 heteroatoms. The van der Waals surface area contributed by atoms with Gasteiger partial charge in [0.05, 0.1) is 13.2 Å². The zero-order valence-electron chi connectivity index (χ0n) is 7.59. The smallest absolute Gasteiger partial charge is 0.0727 e. The summed E-state index contributed by atoms with van der Waals surface area (Å²) in [4.78, 5) is 2.94. The van der Waals surface area contributed by atoms with Crippen molar-refractivity contribution in [2.45, 2.75) is 20.0 Å². The van der Waals surface area contributed by atoms with Gasteiger partial charge in [-0.3, -0.25) is 0 Å². The number of fused-ring (bicyclic) bond motifs is 1. The van der Waals surface area contributed by atoms with E-state index in [1.54, 1.807) is 0 Å². The van der Waals surface area contributed by atoms with Crippen LogP contribution in [0.3, 0.4) is 0 Å². The lowest BCUT2D eigenvalue weighted by atomic mass is 10.2. The second kappa shape index (κ2) is 4.60. The summed E-state index contributed by atoms with van der Waals surface area (Å²) in [6.07, 6.45) is 1.12. The number of thiophene rings is 1. The molecule has 0 fully saturated rings. The van der Waals surface area contributed by atoms with Crippen LogP contribution in [0, 0.1) is 6.92 Å². The molecule has 1 aliphatic heterocycles. The lowest BCUT2D eigenvalue weighted by Crippen LogP contribution is -2.05. The van der Waals surface area contributed by atoms with E-state index >= 15 is 0 Å². The third kappa shape index (κ3) is 2.06. The molecule has 1 aromatic heterocycles. The van der Waals surface area contributed by atoms with E-state index in [4.69, 9.17) is 4.74 Å². The Labute approximate surface area is 77.3 Å². The van der Waals surface area contributed by atoms with Gasteiger partial charge < -0.3 is 10.5 Å². The maximum Gasteiger partial charge on any atom is 0.0727 e.